The van der Waals surface area contributed by atoms with Crippen LogP contribution in [-0.4, -0.2) is 39.5 Å². The number of hydrogen-bond donors (Lipinski definition) is 2. The molecule has 0 radical (unpaired) electrons. The number of amides is 1. The normalized spacial score (nSPS) is 11.9. The smallest absolute Gasteiger partial charge is 0.354 e. The van der Waals surface area contributed by atoms with E-state index in [0.717, 1.165) is 11.5 Å². The van der Waals surface area contributed by atoms with Gasteiger partial charge in [0.15, 0.2) is 0 Å². The third-order valence-electron chi connectivity index (χ3n) is 2.19. The van der Waals surface area contributed by atoms with Crippen LogP contribution in [0.25, 0.3) is 0 Å². The Balaban J connectivity index is 2.66. The van der Waals surface area contributed by atoms with Crippen molar-refractivity contribution in [1.82, 2.24) is 10.3 Å². The number of pyridine rings is 1. The number of thioether (sulfide) groups is 1. The number of aromatic carboxylic acids is 1. The van der Waals surface area contributed by atoms with Crippen LogP contribution in [0.5, 0.6) is 0 Å². The number of carboxylic acid groups (broad SMARTS) is 1. The second-order valence-corrected chi connectivity index (χ2v) is 5.09. The van der Waals surface area contributed by atoms with Crippen LogP contribution in [0.4, 0.5) is 0 Å². The Bertz CT molecular complexity index is 437. The van der Waals surface area contributed by atoms with Gasteiger partial charge in [-0.1, -0.05) is 6.92 Å². The van der Waals surface area contributed by atoms with Gasteiger partial charge in [0.25, 0.3) is 5.91 Å². The number of rotatable bonds is 6. The highest BCUT2D eigenvalue weighted by Gasteiger charge is 2.12. The Morgan fingerprint density at radius 2 is 2.28 bits per heavy atom. The number of hydrogen-bond acceptors (Lipinski definition) is 4. The van der Waals surface area contributed by atoms with Crippen LogP contribution < -0.4 is 5.32 Å². The van der Waals surface area contributed by atoms with Crippen LogP contribution in [0.3, 0.4) is 0 Å². The van der Waals surface area contributed by atoms with Crippen LogP contribution in [-0.2, 0) is 0 Å². The molecule has 1 aromatic rings. The molecular formula is C12H16N2O3S. The Hall–Kier alpha value is -1.56. The minimum atomic E-state index is -1.14. The van der Waals surface area contributed by atoms with Gasteiger partial charge in [-0.05, 0) is 24.8 Å². The highest BCUT2D eigenvalue weighted by molar-refractivity contribution is 7.99. The van der Waals surface area contributed by atoms with Gasteiger partial charge < -0.3 is 10.4 Å². The largest absolute Gasteiger partial charge is 0.477 e. The second kappa shape index (κ2) is 7.00. The van der Waals surface area contributed by atoms with Crippen molar-refractivity contribution in [2.75, 3.05) is 11.5 Å². The molecule has 98 valence electrons. The molecule has 0 aliphatic heterocycles. The van der Waals surface area contributed by atoms with Crippen molar-refractivity contribution >= 4 is 23.6 Å². The monoisotopic (exact) mass is 268 g/mol. The van der Waals surface area contributed by atoms with Crippen LogP contribution in [0.1, 0.15) is 34.7 Å². The molecule has 1 aromatic heterocycles. The van der Waals surface area contributed by atoms with E-state index in [1.165, 1.54) is 18.3 Å². The van der Waals surface area contributed by atoms with Gasteiger partial charge in [0.05, 0.1) is 0 Å². The fraction of sp³-hybridized carbons (Fsp3) is 0.417. The molecule has 0 saturated heterocycles. The summed E-state index contributed by atoms with van der Waals surface area (Å²) in [6.07, 6.45) is 1.32. The van der Waals surface area contributed by atoms with Crippen LogP contribution in [0.2, 0.25) is 0 Å². The fourth-order valence-corrected chi connectivity index (χ4v) is 2.00. The maximum absolute atomic E-state index is 11.9. The first-order valence-corrected chi connectivity index (χ1v) is 6.78. The minimum absolute atomic E-state index is 0.0453. The fourth-order valence-electron chi connectivity index (χ4n) is 1.33. The first kappa shape index (κ1) is 14.5. The second-order valence-electron chi connectivity index (χ2n) is 3.77. The number of nitrogens with one attached hydrogen (secondary N) is 1. The predicted octanol–water partition coefficient (Wildman–Crippen LogP) is 1.65. The number of aromatic nitrogens is 1. The molecule has 0 spiro atoms. The molecule has 0 aromatic carbocycles. The average molecular weight is 268 g/mol. The molecule has 6 heteroatoms. The van der Waals surface area contributed by atoms with E-state index in [-0.39, 0.29) is 17.6 Å². The van der Waals surface area contributed by atoms with E-state index in [4.69, 9.17) is 5.11 Å². The lowest BCUT2D eigenvalue weighted by molar-refractivity contribution is 0.0690. The summed E-state index contributed by atoms with van der Waals surface area (Å²) >= 11 is 1.74. The van der Waals surface area contributed by atoms with Gasteiger partial charge in [-0.15, -0.1) is 0 Å². The molecule has 1 atom stereocenters. The number of carbonyl (C=O) groups excluding carboxylic acids is 1. The van der Waals surface area contributed by atoms with E-state index in [9.17, 15) is 9.59 Å². The van der Waals surface area contributed by atoms with E-state index in [2.05, 4.69) is 17.2 Å². The first-order valence-electron chi connectivity index (χ1n) is 5.62. The Morgan fingerprint density at radius 3 is 2.89 bits per heavy atom. The van der Waals surface area contributed by atoms with E-state index in [1.54, 1.807) is 11.8 Å². The van der Waals surface area contributed by atoms with Crippen molar-refractivity contribution < 1.29 is 14.7 Å². The van der Waals surface area contributed by atoms with Crippen LogP contribution >= 0.6 is 11.8 Å². The molecule has 1 heterocycles. The summed E-state index contributed by atoms with van der Waals surface area (Å²) in [4.78, 5) is 26.3. The lowest BCUT2D eigenvalue weighted by Gasteiger charge is -2.13. The van der Waals surface area contributed by atoms with Gasteiger partial charge >= 0.3 is 5.97 Å². The van der Waals surface area contributed by atoms with Crippen LogP contribution in [0.15, 0.2) is 18.3 Å². The lowest BCUT2D eigenvalue weighted by Crippen LogP contribution is -2.34. The highest BCUT2D eigenvalue weighted by Crippen LogP contribution is 2.05. The summed E-state index contributed by atoms with van der Waals surface area (Å²) in [6, 6.07) is 2.82. The summed E-state index contributed by atoms with van der Waals surface area (Å²) in [5.41, 5.74) is 0.189. The molecule has 0 saturated carbocycles. The zero-order valence-electron chi connectivity index (χ0n) is 10.3. The molecule has 0 aliphatic rings. The molecule has 0 bridgehead atoms. The Kier molecular flexibility index (Phi) is 5.64. The van der Waals surface area contributed by atoms with E-state index in [1.807, 2.05) is 6.92 Å². The maximum atomic E-state index is 11.9. The Labute approximate surface area is 110 Å². The molecule has 1 unspecified atom stereocenters. The summed E-state index contributed by atoms with van der Waals surface area (Å²) in [5, 5.41) is 11.6. The maximum Gasteiger partial charge on any atom is 0.354 e. The molecule has 18 heavy (non-hydrogen) atoms. The standard InChI is InChI=1S/C12H16N2O3S/c1-3-18-7-8(2)14-11(15)9-4-5-13-10(6-9)12(16)17/h4-6,8H,3,7H2,1-2H3,(H,14,15)(H,16,17). The summed E-state index contributed by atoms with van der Waals surface area (Å²) < 4.78 is 0. The topological polar surface area (TPSA) is 79.3 Å². The Morgan fingerprint density at radius 1 is 1.56 bits per heavy atom. The van der Waals surface area contributed by atoms with Gasteiger partial charge in [-0.2, -0.15) is 11.8 Å². The number of carbonyl (C=O) groups is 2. The quantitative estimate of drug-likeness (QED) is 0.820. The lowest BCUT2D eigenvalue weighted by atomic mass is 10.2. The minimum Gasteiger partial charge on any atom is -0.477 e. The third-order valence-corrected chi connectivity index (χ3v) is 3.33. The number of carboxylic acids is 1. The predicted molar refractivity (Wildman–Crippen MR) is 71.1 cm³/mol. The first-order chi connectivity index (χ1) is 8.54. The SMILES string of the molecule is CCSCC(C)NC(=O)c1ccnc(C(=O)O)c1. The molecule has 1 amide bonds. The number of nitrogens with zero attached hydrogens (tertiary/aromatic N) is 1. The van der Waals surface area contributed by atoms with Crippen molar-refractivity contribution in [2.24, 2.45) is 0 Å². The molecule has 2 N–H and O–H groups in total. The van der Waals surface area contributed by atoms with Crippen molar-refractivity contribution in [3.8, 4) is 0 Å². The van der Waals surface area contributed by atoms with E-state index in [0.29, 0.717) is 5.56 Å². The molecule has 0 aliphatic carbocycles. The zero-order valence-corrected chi connectivity index (χ0v) is 11.2. The highest BCUT2D eigenvalue weighted by atomic mass is 32.2. The van der Waals surface area contributed by atoms with Crippen molar-refractivity contribution in [3.63, 3.8) is 0 Å². The van der Waals surface area contributed by atoms with Crippen molar-refractivity contribution in [1.29, 1.82) is 0 Å². The van der Waals surface area contributed by atoms with Crippen molar-refractivity contribution in [2.45, 2.75) is 19.9 Å². The summed E-state index contributed by atoms with van der Waals surface area (Å²) in [5.74, 6) is 0.418. The van der Waals surface area contributed by atoms with E-state index < -0.39 is 5.97 Å². The third kappa shape index (κ3) is 4.37. The molecule has 0 fully saturated rings. The average Bonchev–Trinajstić information content (AvgIpc) is 2.36. The molecule has 5 nitrogen and oxygen atoms in total. The summed E-state index contributed by atoms with van der Waals surface area (Å²) in [6.45, 7) is 3.97. The van der Waals surface area contributed by atoms with Gasteiger partial charge in [-0.3, -0.25) is 4.79 Å². The zero-order chi connectivity index (χ0) is 13.5. The molecular weight excluding hydrogens is 252 g/mol. The van der Waals surface area contributed by atoms with Gasteiger partial charge in [0.1, 0.15) is 5.69 Å². The van der Waals surface area contributed by atoms with Gasteiger partial charge in [0, 0.05) is 23.6 Å². The van der Waals surface area contributed by atoms with Gasteiger partial charge in [-0.25, -0.2) is 9.78 Å². The van der Waals surface area contributed by atoms with Crippen LogP contribution in [0, 0.1) is 0 Å². The molecule has 1 rings (SSSR count). The summed E-state index contributed by atoms with van der Waals surface area (Å²) in [7, 11) is 0. The van der Waals surface area contributed by atoms with Gasteiger partial charge in [0.2, 0.25) is 0 Å². The van der Waals surface area contributed by atoms with Crippen molar-refractivity contribution in [3.05, 3.63) is 29.6 Å². The van der Waals surface area contributed by atoms with E-state index >= 15 is 0 Å².